The zero-order valence-corrected chi connectivity index (χ0v) is 17.2. The summed E-state index contributed by atoms with van der Waals surface area (Å²) in [5.74, 6) is 0.00267. The van der Waals surface area contributed by atoms with E-state index < -0.39 is 0 Å². The van der Waals surface area contributed by atoms with E-state index in [9.17, 15) is 4.79 Å². The van der Waals surface area contributed by atoms with E-state index in [1.807, 2.05) is 36.5 Å². The summed E-state index contributed by atoms with van der Waals surface area (Å²) in [5, 5.41) is 7.68. The minimum atomic E-state index is -0.0221. The molecular weight excluding hydrogens is 370 g/mol. The number of rotatable bonds is 8. The number of benzene rings is 3. The van der Waals surface area contributed by atoms with Crippen LogP contribution in [-0.4, -0.2) is 24.0 Å². The van der Waals surface area contributed by atoms with Crippen molar-refractivity contribution < 1.29 is 4.79 Å². The number of aromatic nitrogens is 1. The van der Waals surface area contributed by atoms with E-state index in [1.165, 1.54) is 16.5 Å². The zero-order valence-electron chi connectivity index (χ0n) is 17.2. The Labute approximate surface area is 177 Å². The van der Waals surface area contributed by atoms with Crippen LogP contribution >= 0.6 is 0 Å². The Hall–Kier alpha value is -3.37. The average molecular weight is 398 g/mol. The Morgan fingerprint density at radius 3 is 2.40 bits per heavy atom. The van der Waals surface area contributed by atoms with Crippen molar-refractivity contribution in [2.75, 3.05) is 13.1 Å². The third-order valence-corrected chi connectivity index (χ3v) is 5.40. The smallest absolute Gasteiger partial charge is 0.233 e. The molecular formula is C26H27N3O. The molecule has 0 aliphatic rings. The second-order valence-electron chi connectivity index (χ2n) is 7.59. The van der Waals surface area contributed by atoms with Crippen LogP contribution in [0.25, 0.3) is 10.9 Å². The van der Waals surface area contributed by atoms with Crippen LogP contribution in [-0.2, 0) is 11.2 Å². The van der Waals surface area contributed by atoms with Gasteiger partial charge in [0.1, 0.15) is 0 Å². The molecule has 0 bridgehead atoms. The second kappa shape index (κ2) is 9.42. The van der Waals surface area contributed by atoms with Crippen molar-refractivity contribution >= 4 is 16.8 Å². The van der Waals surface area contributed by atoms with Gasteiger partial charge in [-0.05, 0) is 36.1 Å². The summed E-state index contributed by atoms with van der Waals surface area (Å²) in [7, 11) is 0. The predicted octanol–water partition coefficient (Wildman–Crippen LogP) is 4.51. The number of H-pyrrole nitrogens is 1. The van der Waals surface area contributed by atoms with Crippen LogP contribution < -0.4 is 10.6 Å². The number of aryl methyl sites for hydroxylation is 1. The summed E-state index contributed by atoms with van der Waals surface area (Å²) in [6.07, 6.45) is 2.83. The number of nitrogens with one attached hydrogen (secondary N) is 3. The fraction of sp³-hybridized carbons (Fsp3) is 0.192. The van der Waals surface area contributed by atoms with E-state index >= 15 is 0 Å². The predicted molar refractivity (Wildman–Crippen MR) is 122 cm³/mol. The number of amides is 1. The van der Waals surface area contributed by atoms with Gasteiger partial charge in [-0.3, -0.25) is 10.1 Å². The first kappa shape index (κ1) is 19.9. The highest BCUT2D eigenvalue weighted by Gasteiger charge is 2.15. The van der Waals surface area contributed by atoms with Crippen molar-refractivity contribution in [2.45, 2.75) is 19.4 Å². The Bertz CT molecular complexity index is 1100. The molecule has 0 unspecified atom stereocenters. The fourth-order valence-corrected chi connectivity index (χ4v) is 3.76. The molecule has 4 aromatic rings. The summed E-state index contributed by atoms with van der Waals surface area (Å²) >= 11 is 0. The Morgan fingerprint density at radius 1 is 0.900 bits per heavy atom. The molecule has 4 heteroatoms. The Morgan fingerprint density at radius 2 is 1.60 bits per heavy atom. The number of aromatic amines is 1. The van der Waals surface area contributed by atoms with Gasteiger partial charge in [-0.1, -0.05) is 78.4 Å². The molecule has 1 atom stereocenters. The molecule has 4 nitrogen and oxygen atoms in total. The van der Waals surface area contributed by atoms with Crippen molar-refractivity contribution in [3.63, 3.8) is 0 Å². The second-order valence-corrected chi connectivity index (χ2v) is 7.59. The van der Waals surface area contributed by atoms with Crippen LogP contribution in [0.2, 0.25) is 0 Å². The Balaban J connectivity index is 1.35. The SMILES string of the molecule is Cc1ccc([C@H](NCC(=O)NCCc2c[nH]c3ccccc23)c2ccccc2)cc1. The van der Waals surface area contributed by atoms with E-state index in [1.54, 1.807) is 0 Å². The molecule has 3 N–H and O–H groups in total. The lowest BCUT2D eigenvalue weighted by Crippen LogP contribution is -2.37. The van der Waals surface area contributed by atoms with Crippen LogP contribution in [0.5, 0.6) is 0 Å². The first-order valence-electron chi connectivity index (χ1n) is 10.4. The lowest BCUT2D eigenvalue weighted by Gasteiger charge is -2.20. The molecule has 3 aromatic carbocycles. The van der Waals surface area contributed by atoms with Gasteiger partial charge in [-0.2, -0.15) is 0 Å². The Kier molecular flexibility index (Phi) is 6.26. The van der Waals surface area contributed by atoms with E-state index in [0.717, 1.165) is 23.1 Å². The third kappa shape index (κ3) is 4.78. The van der Waals surface area contributed by atoms with Crippen LogP contribution in [0, 0.1) is 6.92 Å². The molecule has 1 amide bonds. The highest BCUT2D eigenvalue weighted by atomic mass is 16.1. The number of hydrogen-bond donors (Lipinski definition) is 3. The van der Waals surface area contributed by atoms with Crippen molar-refractivity contribution in [3.05, 3.63) is 107 Å². The quantitative estimate of drug-likeness (QED) is 0.410. The number of fused-ring (bicyclic) bond motifs is 1. The van der Waals surface area contributed by atoms with Gasteiger partial charge in [0, 0.05) is 23.6 Å². The first-order chi connectivity index (χ1) is 14.7. The van der Waals surface area contributed by atoms with Gasteiger partial charge in [-0.25, -0.2) is 0 Å². The summed E-state index contributed by atoms with van der Waals surface area (Å²) in [5.41, 5.74) is 5.87. The van der Waals surface area contributed by atoms with E-state index in [-0.39, 0.29) is 18.5 Å². The zero-order chi connectivity index (χ0) is 20.8. The van der Waals surface area contributed by atoms with E-state index in [2.05, 4.69) is 71.1 Å². The van der Waals surface area contributed by atoms with Gasteiger partial charge >= 0.3 is 0 Å². The molecule has 30 heavy (non-hydrogen) atoms. The molecule has 0 spiro atoms. The molecule has 4 rings (SSSR count). The van der Waals surface area contributed by atoms with Gasteiger partial charge in [0.05, 0.1) is 12.6 Å². The topological polar surface area (TPSA) is 56.9 Å². The molecule has 0 saturated carbocycles. The van der Waals surface area contributed by atoms with Crippen LogP contribution in [0.4, 0.5) is 0 Å². The molecule has 1 heterocycles. The first-order valence-corrected chi connectivity index (χ1v) is 10.4. The average Bonchev–Trinajstić information content (AvgIpc) is 3.19. The molecule has 0 radical (unpaired) electrons. The molecule has 152 valence electrons. The largest absolute Gasteiger partial charge is 0.361 e. The van der Waals surface area contributed by atoms with Gasteiger partial charge in [0.2, 0.25) is 5.91 Å². The monoisotopic (exact) mass is 397 g/mol. The van der Waals surface area contributed by atoms with Crippen molar-refractivity contribution in [1.82, 2.24) is 15.6 Å². The highest BCUT2D eigenvalue weighted by molar-refractivity contribution is 5.83. The van der Waals surface area contributed by atoms with Crippen LogP contribution in [0.15, 0.2) is 85.1 Å². The minimum absolute atomic E-state index is 0.00267. The molecule has 0 fully saturated rings. The van der Waals surface area contributed by atoms with E-state index in [4.69, 9.17) is 0 Å². The van der Waals surface area contributed by atoms with E-state index in [0.29, 0.717) is 6.54 Å². The lowest BCUT2D eigenvalue weighted by molar-refractivity contribution is -0.120. The molecule has 0 aliphatic carbocycles. The van der Waals surface area contributed by atoms with Gasteiger partial charge < -0.3 is 10.3 Å². The number of carbonyl (C=O) groups excluding carboxylic acids is 1. The summed E-state index contributed by atoms with van der Waals surface area (Å²) in [6.45, 7) is 2.96. The van der Waals surface area contributed by atoms with Crippen molar-refractivity contribution in [3.8, 4) is 0 Å². The molecule has 0 aliphatic heterocycles. The van der Waals surface area contributed by atoms with Crippen LogP contribution in [0.3, 0.4) is 0 Å². The van der Waals surface area contributed by atoms with Crippen molar-refractivity contribution in [2.24, 2.45) is 0 Å². The lowest BCUT2D eigenvalue weighted by atomic mass is 9.98. The number of carbonyl (C=O) groups is 1. The van der Waals surface area contributed by atoms with Gasteiger partial charge in [0.25, 0.3) is 0 Å². The molecule has 1 aromatic heterocycles. The maximum atomic E-state index is 12.5. The van der Waals surface area contributed by atoms with Gasteiger partial charge in [0.15, 0.2) is 0 Å². The standard InChI is InChI=1S/C26H27N3O/c1-19-11-13-21(14-12-19)26(20-7-3-2-4-8-20)29-18-25(30)27-16-15-22-17-28-24-10-6-5-9-23(22)24/h2-14,17,26,28-29H,15-16,18H2,1H3,(H,27,30)/t26-/m1/s1. The maximum Gasteiger partial charge on any atom is 0.233 e. The highest BCUT2D eigenvalue weighted by Crippen LogP contribution is 2.22. The summed E-state index contributed by atoms with van der Waals surface area (Å²) < 4.78 is 0. The maximum absolute atomic E-state index is 12.5. The summed E-state index contributed by atoms with van der Waals surface area (Å²) in [4.78, 5) is 15.8. The van der Waals surface area contributed by atoms with Crippen LogP contribution in [0.1, 0.15) is 28.3 Å². The fourth-order valence-electron chi connectivity index (χ4n) is 3.76. The summed E-state index contributed by atoms with van der Waals surface area (Å²) in [6, 6.07) is 26.9. The van der Waals surface area contributed by atoms with Crippen molar-refractivity contribution in [1.29, 1.82) is 0 Å². The molecule has 0 saturated heterocycles. The normalized spacial score (nSPS) is 12.0. The third-order valence-electron chi connectivity index (χ3n) is 5.40. The minimum Gasteiger partial charge on any atom is -0.361 e. The number of hydrogen-bond acceptors (Lipinski definition) is 2. The van der Waals surface area contributed by atoms with Gasteiger partial charge in [-0.15, -0.1) is 0 Å². The number of para-hydroxylation sites is 1.